The fourth-order valence-electron chi connectivity index (χ4n) is 2.65. The van der Waals surface area contributed by atoms with E-state index in [1.54, 1.807) is 7.11 Å². The number of halogens is 2. The molecule has 1 N–H and O–H groups in total. The molecule has 2 aromatic rings. The minimum absolute atomic E-state index is 0.0689. The van der Waals surface area contributed by atoms with Crippen molar-refractivity contribution in [3.05, 3.63) is 65.2 Å². The summed E-state index contributed by atoms with van der Waals surface area (Å²) in [5.74, 6) is -1.59. The van der Waals surface area contributed by atoms with Crippen LogP contribution in [-0.2, 0) is 5.41 Å². The summed E-state index contributed by atoms with van der Waals surface area (Å²) in [6.07, 6.45) is 1.97. The van der Waals surface area contributed by atoms with Gasteiger partial charge in [-0.25, -0.2) is 8.78 Å². The first-order valence-electron chi connectivity index (χ1n) is 7.42. The molecular weight excluding hydrogens is 300 g/mol. The van der Waals surface area contributed by atoms with Gasteiger partial charge >= 0.3 is 0 Å². The molecule has 0 radical (unpaired) electrons. The van der Waals surface area contributed by atoms with Gasteiger partial charge < -0.3 is 10.1 Å². The Morgan fingerprint density at radius 3 is 2.39 bits per heavy atom. The van der Waals surface area contributed by atoms with Gasteiger partial charge in [0.2, 0.25) is 0 Å². The van der Waals surface area contributed by atoms with Gasteiger partial charge in [0.25, 0.3) is 5.91 Å². The molecule has 1 aliphatic carbocycles. The molecule has 2 aromatic carbocycles. The summed E-state index contributed by atoms with van der Waals surface area (Å²) in [5, 5.41) is 2.82. The van der Waals surface area contributed by atoms with E-state index in [4.69, 9.17) is 4.74 Å². The maximum absolute atomic E-state index is 13.2. The standard InChI is InChI=1S/C18H17F2NO2/c1-23-14-5-3-13(4-6-14)18(8-9-18)11-21-17(22)12-2-7-15(19)16(20)10-12/h2-7,10H,8-9,11H2,1H3,(H,21,22). The number of ether oxygens (including phenoxy) is 1. The lowest BCUT2D eigenvalue weighted by atomic mass is 9.95. The van der Waals surface area contributed by atoms with Gasteiger partial charge in [-0.2, -0.15) is 0 Å². The largest absolute Gasteiger partial charge is 0.497 e. The van der Waals surface area contributed by atoms with Crippen molar-refractivity contribution in [2.24, 2.45) is 0 Å². The molecule has 1 amide bonds. The number of carbonyl (C=O) groups excluding carboxylic acids is 1. The lowest BCUT2D eigenvalue weighted by Crippen LogP contribution is -2.32. The zero-order chi connectivity index (χ0) is 16.4. The van der Waals surface area contributed by atoms with Crippen LogP contribution in [0, 0.1) is 11.6 Å². The SMILES string of the molecule is COc1ccc(C2(CNC(=O)c3ccc(F)c(F)c3)CC2)cc1. The van der Waals surface area contributed by atoms with E-state index in [0.29, 0.717) is 6.54 Å². The molecule has 0 atom stereocenters. The maximum Gasteiger partial charge on any atom is 0.251 e. The highest BCUT2D eigenvalue weighted by Crippen LogP contribution is 2.47. The molecule has 3 rings (SSSR count). The highest BCUT2D eigenvalue weighted by Gasteiger charge is 2.44. The van der Waals surface area contributed by atoms with Crippen molar-refractivity contribution in [1.29, 1.82) is 0 Å². The summed E-state index contributed by atoms with van der Waals surface area (Å²) < 4.78 is 31.3. The van der Waals surface area contributed by atoms with Crippen molar-refractivity contribution in [3.8, 4) is 5.75 Å². The van der Waals surface area contributed by atoms with Gasteiger partial charge in [-0.05, 0) is 48.7 Å². The van der Waals surface area contributed by atoms with Gasteiger partial charge in [0, 0.05) is 17.5 Å². The normalized spacial score (nSPS) is 15.1. The van der Waals surface area contributed by atoms with Crippen LogP contribution in [0.2, 0.25) is 0 Å². The van der Waals surface area contributed by atoms with Crippen molar-refractivity contribution in [2.45, 2.75) is 18.3 Å². The minimum Gasteiger partial charge on any atom is -0.497 e. The Labute approximate surface area is 133 Å². The third kappa shape index (κ3) is 3.18. The van der Waals surface area contributed by atoms with E-state index in [2.05, 4.69) is 5.32 Å². The van der Waals surface area contributed by atoms with Crippen LogP contribution in [0.25, 0.3) is 0 Å². The Hall–Kier alpha value is -2.43. The Bertz CT molecular complexity index is 724. The van der Waals surface area contributed by atoms with E-state index in [9.17, 15) is 13.6 Å². The molecule has 0 saturated heterocycles. The molecule has 1 saturated carbocycles. The van der Waals surface area contributed by atoms with Crippen molar-refractivity contribution in [3.63, 3.8) is 0 Å². The Balaban J connectivity index is 1.67. The van der Waals surface area contributed by atoms with Crippen LogP contribution in [0.3, 0.4) is 0 Å². The lowest BCUT2D eigenvalue weighted by Gasteiger charge is -2.17. The number of carbonyl (C=O) groups is 1. The fourth-order valence-corrected chi connectivity index (χ4v) is 2.65. The molecule has 1 aliphatic rings. The predicted octanol–water partition coefficient (Wildman–Crippen LogP) is 3.44. The topological polar surface area (TPSA) is 38.3 Å². The summed E-state index contributed by atoms with van der Waals surface area (Å²) in [5.41, 5.74) is 1.19. The molecule has 0 bridgehead atoms. The molecule has 120 valence electrons. The van der Waals surface area contributed by atoms with Gasteiger partial charge in [0.15, 0.2) is 11.6 Å². The number of nitrogens with one attached hydrogen (secondary N) is 1. The molecule has 23 heavy (non-hydrogen) atoms. The molecule has 0 aromatic heterocycles. The number of benzene rings is 2. The highest BCUT2D eigenvalue weighted by atomic mass is 19.2. The van der Waals surface area contributed by atoms with Gasteiger partial charge in [0.05, 0.1) is 7.11 Å². The summed E-state index contributed by atoms with van der Waals surface area (Å²) in [6.45, 7) is 0.469. The van der Waals surface area contributed by atoms with E-state index >= 15 is 0 Å². The number of methoxy groups -OCH3 is 1. The van der Waals surface area contributed by atoms with Gasteiger partial charge in [-0.15, -0.1) is 0 Å². The molecule has 0 heterocycles. The average Bonchev–Trinajstić information content (AvgIpc) is 3.36. The van der Waals surface area contributed by atoms with Crippen LogP contribution in [0.15, 0.2) is 42.5 Å². The summed E-state index contributed by atoms with van der Waals surface area (Å²) in [4.78, 5) is 12.1. The molecule has 0 aliphatic heterocycles. The van der Waals surface area contributed by atoms with Crippen LogP contribution in [0.5, 0.6) is 5.75 Å². The first kappa shape index (κ1) is 15.5. The van der Waals surface area contributed by atoms with Crippen molar-refractivity contribution in [1.82, 2.24) is 5.32 Å². The zero-order valence-electron chi connectivity index (χ0n) is 12.7. The second kappa shape index (κ2) is 5.99. The third-order valence-electron chi connectivity index (χ3n) is 4.33. The van der Waals surface area contributed by atoms with Crippen LogP contribution in [0.4, 0.5) is 8.78 Å². The highest BCUT2D eigenvalue weighted by molar-refractivity contribution is 5.94. The van der Waals surface area contributed by atoms with E-state index in [1.165, 1.54) is 6.07 Å². The number of rotatable bonds is 5. The zero-order valence-corrected chi connectivity index (χ0v) is 12.7. The van der Waals surface area contributed by atoms with Crippen molar-refractivity contribution >= 4 is 5.91 Å². The average molecular weight is 317 g/mol. The molecular formula is C18H17F2NO2. The van der Waals surface area contributed by atoms with Crippen LogP contribution in [-0.4, -0.2) is 19.6 Å². The second-order valence-electron chi connectivity index (χ2n) is 5.82. The van der Waals surface area contributed by atoms with Crippen LogP contribution < -0.4 is 10.1 Å². The summed E-state index contributed by atoms with van der Waals surface area (Å²) >= 11 is 0. The van der Waals surface area contributed by atoms with Gasteiger partial charge in [-0.1, -0.05) is 12.1 Å². The number of amides is 1. The fraction of sp³-hybridized carbons (Fsp3) is 0.278. The Morgan fingerprint density at radius 1 is 1.13 bits per heavy atom. The molecule has 0 unspecified atom stereocenters. The summed E-state index contributed by atoms with van der Waals surface area (Å²) in [7, 11) is 1.62. The monoisotopic (exact) mass is 317 g/mol. The van der Waals surface area contributed by atoms with E-state index in [1.807, 2.05) is 24.3 Å². The third-order valence-corrected chi connectivity index (χ3v) is 4.33. The molecule has 5 heteroatoms. The van der Waals surface area contributed by atoms with Crippen molar-refractivity contribution in [2.75, 3.05) is 13.7 Å². The molecule has 1 fully saturated rings. The predicted molar refractivity (Wildman–Crippen MR) is 82.6 cm³/mol. The number of hydrogen-bond donors (Lipinski definition) is 1. The van der Waals surface area contributed by atoms with E-state index < -0.39 is 17.5 Å². The summed E-state index contributed by atoms with van der Waals surface area (Å²) in [6, 6.07) is 10.9. The minimum atomic E-state index is -1.02. The molecule has 3 nitrogen and oxygen atoms in total. The van der Waals surface area contributed by atoms with Gasteiger partial charge in [-0.3, -0.25) is 4.79 Å². The first-order valence-corrected chi connectivity index (χ1v) is 7.42. The maximum atomic E-state index is 13.2. The van der Waals surface area contributed by atoms with Crippen molar-refractivity contribution < 1.29 is 18.3 Å². The van der Waals surface area contributed by atoms with Crippen LogP contribution in [0.1, 0.15) is 28.8 Å². The molecule has 0 spiro atoms. The van der Waals surface area contributed by atoms with Crippen LogP contribution >= 0.6 is 0 Å². The second-order valence-corrected chi connectivity index (χ2v) is 5.82. The smallest absolute Gasteiger partial charge is 0.251 e. The lowest BCUT2D eigenvalue weighted by molar-refractivity contribution is 0.0949. The van der Waals surface area contributed by atoms with E-state index in [-0.39, 0.29) is 11.0 Å². The van der Waals surface area contributed by atoms with E-state index in [0.717, 1.165) is 36.3 Å². The van der Waals surface area contributed by atoms with Gasteiger partial charge in [0.1, 0.15) is 5.75 Å². The first-order chi connectivity index (χ1) is 11.0. The quantitative estimate of drug-likeness (QED) is 0.917. The number of hydrogen-bond acceptors (Lipinski definition) is 2. The Morgan fingerprint density at radius 2 is 1.83 bits per heavy atom. The Kier molecular flexibility index (Phi) is 4.03.